The number of allylic oxidation sites excluding steroid dienone is 1. The number of benzene rings is 1. The molecule has 0 aliphatic carbocycles. The summed E-state index contributed by atoms with van der Waals surface area (Å²) in [6, 6.07) is 5.61. The van der Waals surface area contributed by atoms with Gasteiger partial charge >= 0.3 is 0 Å². The van der Waals surface area contributed by atoms with Crippen LogP contribution in [-0.4, -0.2) is 32.5 Å². The fraction of sp³-hybridized carbons (Fsp3) is 0.286. The molecule has 0 amide bonds. The minimum Gasteiger partial charge on any atom is -0.496 e. The first-order valence-electron chi connectivity index (χ1n) is 9.38. The Morgan fingerprint density at radius 3 is 2.58 bits per heavy atom. The van der Waals surface area contributed by atoms with Crippen molar-refractivity contribution < 1.29 is 27.1 Å². The summed E-state index contributed by atoms with van der Waals surface area (Å²) in [6.45, 7) is 2.34. The van der Waals surface area contributed by atoms with Crippen LogP contribution < -0.4 is 4.74 Å². The largest absolute Gasteiger partial charge is 0.496 e. The van der Waals surface area contributed by atoms with Gasteiger partial charge in [-0.1, -0.05) is 12.1 Å². The number of halogens is 4. The Bertz CT molecular complexity index is 1090. The Balaban J connectivity index is 1.87. The summed E-state index contributed by atoms with van der Waals surface area (Å²) < 4.78 is 60.1. The molecule has 164 valence electrons. The SMILES string of the molecule is CCn1cc(C(=O)/C=C/c2ccc(OC)c(Cn3nc(C(F)F)cc3C(F)F)c2)cn1. The highest BCUT2D eigenvalue weighted by Crippen LogP contribution is 2.28. The number of methoxy groups -OCH3 is 1. The van der Waals surface area contributed by atoms with E-state index in [0.29, 0.717) is 35.1 Å². The highest BCUT2D eigenvalue weighted by Gasteiger charge is 2.22. The zero-order valence-electron chi connectivity index (χ0n) is 16.8. The number of alkyl halides is 4. The number of carbonyl (C=O) groups excluding carboxylic acids is 1. The van der Waals surface area contributed by atoms with Crippen molar-refractivity contribution in [2.24, 2.45) is 0 Å². The van der Waals surface area contributed by atoms with Gasteiger partial charge in [0, 0.05) is 18.3 Å². The van der Waals surface area contributed by atoms with E-state index in [9.17, 15) is 22.4 Å². The molecule has 10 heteroatoms. The number of ketones is 1. The van der Waals surface area contributed by atoms with Crippen molar-refractivity contribution in [1.82, 2.24) is 19.6 Å². The van der Waals surface area contributed by atoms with Crippen molar-refractivity contribution in [2.75, 3.05) is 7.11 Å². The van der Waals surface area contributed by atoms with Crippen LogP contribution in [0, 0.1) is 0 Å². The van der Waals surface area contributed by atoms with Crippen molar-refractivity contribution >= 4 is 11.9 Å². The molecule has 0 bridgehead atoms. The van der Waals surface area contributed by atoms with E-state index in [2.05, 4.69) is 10.2 Å². The second kappa shape index (κ2) is 9.59. The third-order valence-electron chi connectivity index (χ3n) is 4.57. The topological polar surface area (TPSA) is 61.9 Å². The first kappa shape index (κ1) is 22.3. The van der Waals surface area contributed by atoms with Gasteiger partial charge in [-0.2, -0.15) is 10.2 Å². The number of hydrogen-bond donors (Lipinski definition) is 0. The first-order chi connectivity index (χ1) is 14.8. The van der Waals surface area contributed by atoms with Crippen molar-refractivity contribution in [3.63, 3.8) is 0 Å². The molecule has 1 aromatic carbocycles. The number of carbonyl (C=O) groups is 1. The molecule has 0 N–H and O–H groups in total. The summed E-state index contributed by atoms with van der Waals surface area (Å²) in [5.41, 5.74) is 0.156. The number of ether oxygens (including phenoxy) is 1. The molecule has 0 spiro atoms. The molecule has 3 aromatic rings. The minimum atomic E-state index is -2.96. The van der Waals surface area contributed by atoms with Crippen LogP contribution in [0.1, 0.15) is 52.6 Å². The molecule has 2 heterocycles. The van der Waals surface area contributed by atoms with E-state index in [1.54, 1.807) is 35.2 Å². The quantitative estimate of drug-likeness (QED) is 0.271. The van der Waals surface area contributed by atoms with Crippen LogP contribution in [0.5, 0.6) is 5.75 Å². The molecule has 0 saturated carbocycles. The second-order valence-electron chi connectivity index (χ2n) is 6.61. The molecule has 31 heavy (non-hydrogen) atoms. The lowest BCUT2D eigenvalue weighted by Gasteiger charge is -2.12. The molecule has 3 rings (SSSR count). The number of aryl methyl sites for hydroxylation is 1. The third kappa shape index (κ3) is 5.19. The maximum absolute atomic E-state index is 13.3. The van der Waals surface area contributed by atoms with E-state index < -0.39 is 24.2 Å². The van der Waals surface area contributed by atoms with Crippen LogP contribution >= 0.6 is 0 Å². The monoisotopic (exact) mass is 436 g/mol. The Kier molecular flexibility index (Phi) is 6.88. The van der Waals surface area contributed by atoms with E-state index in [4.69, 9.17) is 4.74 Å². The predicted molar refractivity (Wildman–Crippen MR) is 106 cm³/mol. The number of nitrogens with zero attached hydrogens (tertiary/aromatic N) is 4. The van der Waals surface area contributed by atoms with Crippen LogP contribution in [0.2, 0.25) is 0 Å². The minimum absolute atomic E-state index is 0.200. The molecule has 2 aromatic heterocycles. The molecule has 0 saturated heterocycles. The fourth-order valence-corrected chi connectivity index (χ4v) is 2.98. The van der Waals surface area contributed by atoms with E-state index >= 15 is 0 Å². The lowest BCUT2D eigenvalue weighted by atomic mass is 10.1. The van der Waals surface area contributed by atoms with Crippen LogP contribution in [0.25, 0.3) is 6.08 Å². The normalized spacial score (nSPS) is 11.7. The van der Waals surface area contributed by atoms with Gasteiger partial charge in [-0.05, 0) is 36.8 Å². The first-order valence-corrected chi connectivity index (χ1v) is 9.38. The summed E-state index contributed by atoms with van der Waals surface area (Å²) in [5.74, 6) is 0.132. The van der Waals surface area contributed by atoms with Crippen LogP contribution in [0.3, 0.4) is 0 Å². The summed E-state index contributed by atoms with van der Waals surface area (Å²) >= 11 is 0. The zero-order chi connectivity index (χ0) is 22.5. The fourth-order valence-electron chi connectivity index (χ4n) is 2.98. The van der Waals surface area contributed by atoms with E-state index in [-0.39, 0.29) is 12.3 Å². The van der Waals surface area contributed by atoms with Gasteiger partial charge < -0.3 is 4.74 Å². The highest BCUT2D eigenvalue weighted by atomic mass is 19.3. The van der Waals surface area contributed by atoms with Crippen molar-refractivity contribution in [1.29, 1.82) is 0 Å². The van der Waals surface area contributed by atoms with E-state index in [0.717, 1.165) is 4.68 Å². The van der Waals surface area contributed by atoms with Gasteiger partial charge in [-0.25, -0.2) is 17.6 Å². The average Bonchev–Trinajstić information content (AvgIpc) is 3.39. The lowest BCUT2D eigenvalue weighted by Crippen LogP contribution is -2.08. The average molecular weight is 436 g/mol. The Hall–Kier alpha value is -3.43. The van der Waals surface area contributed by atoms with Gasteiger partial charge in [-0.3, -0.25) is 14.2 Å². The Morgan fingerprint density at radius 1 is 1.19 bits per heavy atom. The van der Waals surface area contributed by atoms with Crippen LogP contribution in [0.15, 0.2) is 42.7 Å². The zero-order valence-corrected chi connectivity index (χ0v) is 16.8. The maximum atomic E-state index is 13.3. The molecule has 0 aliphatic heterocycles. The smallest absolute Gasteiger partial charge is 0.282 e. The van der Waals surface area contributed by atoms with Crippen LogP contribution in [-0.2, 0) is 13.1 Å². The van der Waals surface area contributed by atoms with Gasteiger partial charge in [0.2, 0.25) is 0 Å². The predicted octanol–water partition coefficient (Wildman–Crippen LogP) is 4.93. The maximum Gasteiger partial charge on any atom is 0.282 e. The summed E-state index contributed by atoms with van der Waals surface area (Å²) in [6.07, 6.45) is 0.122. The van der Waals surface area contributed by atoms with Crippen molar-refractivity contribution in [3.8, 4) is 5.75 Å². The van der Waals surface area contributed by atoms with Gasteiger partial charge in [-0.15, -0.1) is 0 Å². The summed E-state index contributed by atoms with van der Waals surface area (Å²) in [4.78, 5) is 12.3. The van der Waals surface area contributed by atoms with Gasteiger partial charge in [0.05, 0.1) is 25.4 Å². The van der Waals surface area contributed by atoms with E-state index in [1.807, 2.05) is 6.92 Å². The molecule has 0 fully saturated rings. The standard InChI is InChI=1S/C21H20F4N4O2/c1-3-28-11-15(10-26-28)18(30)6-4-13-5-7-19(31-2)14(8-13)12-29-17(21(24)25)9-16(27-29)20(22)23/h4-11,20-21H,3,12H2,1-2H3/b6-4+. The van der Waals surface area contributed by atoms with E-state index in [1.165, 1.54) is 19.4 Å². The van der Waals surface area contributed by atoms with Crippen LogP contribution in [0.4, 0.5) is 17.6 Å². The lowest BCUT2D eigenvalue weighted by molar-refractivity contribution is 0.104. The molecular formula is C21H20F4N4O2. The summed E-state index contributed by atoms with van der Waals surface area (Å²) in [5, 5.41) is 7.66. The van der Waals surface area contributed by atoms with Crippen molar-refractivity contribution in [3.05, 3.63) is 70.8 Å². The number of hydrogen-bond acceptors (Lipinski definition) is 4. The molecule has 6 nitrogen and oxygen atoms in total. The summed E-state index contributed by atoms with van der Waals surface area (Å²) in [7, 11) is 1.41. The molecule has 0 atom stereocenters. The Labute approximate surface area is 175 Å². The van der Waals surface area contributed by atoms with Gasteiger partial charge in [0.25, 0.3) is 12.9 Å². The molecule has 0 radical (unpaired) electrons. The number of aromatic nitrogens is 4. The van der Waals surface area contributed by atoms with Gasteiger partial charge in [0.1, 0.15) is 17.1 Å². The highest BCUT2D eigenvalue weighted by molar-refractivity contribution is 6.06. The number of rotatable bonds is 9. The third-order valence-corrected chi connectivity index (χ3v) is 4.57. The van der Waals surface area contributed by atoms with Gasteiger partial charge in [0.15, 0.2) is 5.78 Å². The van der Waals surface area contributed by atoms with Crippen molar-refractivity contribution in [2.45, 2.75) is 32.9 Å². The Morgan fingerprint density at radius 2 is 1.97 bits per heavy atom. The second-order valence-corrected chi connectivity index (χ2v) is 6.61. The molecular weight excluding hydrogens is 416 g/mol. The molecule has 0 aliphatic rings. The molecule has 0 unspecified atom stereocenters.